The van der Waals surface area contributed by atoms with Gasteiger partial charge in [-0.15, -0.1) is 6.58 Å². The van der Waals surface area contributed by atoms with Crippen molar-refractivity contribution in [2.45, 2.75) is 122 Å². The zero-order valence-corrected chi connectivity index (χ0v) is 25.7. The van der Waals surface area contributed by atoms with E-state index in [0.29, 0.717) is 23.5 Å². The van der Waals surface area contributed by atoms with Crippen molar-refractivity contribution in [3.63, 3.8) is 0 Å². The Balaban J connectivity index is 1.23. The van der Waals surface area contributed by atoms with Gasteiger partial charge in [0.25, 0.3) is 0 Å². The van der Waals surface area contributed by atoms with Gasteiger partial charge in [0.2, 0.25) is 0 Å². The maximum absolute atomic E-state index is 7.03. The van der Waals surface area contributed by atoms with Gasteiger partial charge < -0.3 is 9.16 Å². The average Bonchev–Trinajstić information content (AvgIpc) is 3.27. The van der Waals surface area contributed by atoms with Crippen molar-refractivity contribution in [2.24, 2.45) is 40.9 Å². The van der Waals surface area contributed by atoms with Gasteiger partial charge in [0, 0.05) is 6.10 Å². The van der Waals surface area contributed by atoms with Gasteiger partial charge in [0.05, 0.1) is 12.7 Å². The normalized spacial score (nSPS) is 38.8. The third kappa shape index (κ3) is 5.19. The molecule has 2 nitrogen and oxygen atoms in total. The van der Waals surface area contributed by atoms with Crippen LogP contribution in [0.1, 0.15) is 91.0 Å². The van der Waals surface area contributed by atoms with E-state index in [9.17, 15) is 0 Å². The SMILES string of the molecule is C=C[C@]12CC[C@H]3[C@@H](CC[C@@H]4C[C@H](OCc5ccccc5)CC[C@@H]43)[C@@H]1CC[C@@H]2C(C)O[Si](C)(C)C(C)(C)C. The standard InChI is InChI=1S/C34H54O2Si/c1-8-34-21-20-29-28-17-15-27(35-23-25-12-10-9-11-13-25)22-26(28)14-16-30(29)32(34)19-18-31(34)24(2)36-37(6,7)33(3,4)5/h8-13,24,26-32H,1,14-23H2,2-7H3/t24?,26-,27-,28+,29-,30-,31-,32+,34-/m1/s1. The summed E-state index contributed by atoms with van der Waals surface area (Å²) in [6, 6.07) is 10.7. The van der Waals surface area contributed by atoms with Gasteiger partial charge in [-0.25, -0.2) is 0 Å². The van der Waals surface area contributed by atoms with Crippen LogP contribution in [0.3, 0.4) is 0 Å². The maximum atomic E-state index is 7.03. The number of hydrogen-bond donors (Lipinski definition) is 0. The Morgan fingerprint density at radius 1 is 0.973 bits per heavy atom. The molecule has 0 aliphatic heterocycles. The van der Waals surface area contributed by atoms with Crippen LogP contribution in [0.25, 0.3) is 0 Å². The molecule has 0 spiro atoms. The number of benzene rings is 1. The molecule has 0 amide bonds. The van der Waals surface area contributed by atoms with Crippen LogP contribution < -0.4 is 0 Å². The average molecular weight is 523 g/mol. The van der Waals surface area contributed by atoms with Gasteiger partial charge in [-0.3, -0.25) is 0 Å². The largest absolute Gasteiger partial charge is 0.414 e. The summed E-state index contributed by atoms with van der Waals surface area (Å²) < 4.78 is 13.5. The van der Waals surface area contributed by atoms with Gasteiger partial charge in [0.1, 0.15) is 0 Å². The Bertz CT molecular complexity index is 919. The summed E-state index contributed by atoms with van der Waals surface area (Å²) in [7, 11) is -1.78. The first-order valence-corrected chi connectivity index (χ1v) is 18.4. The predicted octanol–water partition coefficient (Wildman–Crippen LogP) is 9.42. The van der Waals surface area contributed by atoms with E-state index < -0.39 is 8.32 Å². The molecule has 0 radical (unpaired) electrons. The Hall–Kier alpha value is -0.903. The van der Waals surface area contributed by atoms with E-state index in [1.807, 2.05) is 0 Å². The van der Waals surface area contributed by atoms with Gasteiger partial charge in [-0.1, -0.05) is 57.2 Å². The minimum absolute atomic E-state index is 0.264. The number of fused-ring (bicyclic) bond motifs is 5. The minimum Gasteiger partial charge on any atom is -0.414 e. The second-order valence-electron chi connectivity index (χ2n) is 14.8. The molecular weight excluding hydrogens is 468 g/mol. The van der Waals surface area contributed by atoms with Crippen molar-refractivity contribution in [2.75, 3.05) is 0 Å². The van der Waals surface area contributed by atoms with Crippen LogP contribution in [-0.4, -0.2) is 20.5 Å². The van der Waals surface area contributed by atoms with E-state index in [-0.39, 0.29) is 5.04 Å². The monoisotopic (exact) mass is 522 g/mol. The fraction of sp³-hybridized carbons (Fsp3) is 0.765. The molecule has 0 saturated heterocycles. The minimum atomic E-state index is -1.78. The molecule has 0 heterocycles. The van der Waals surface area contributed by atoms with E-state index in [0.717, 1.165) is 36.2 Å². The zero-order chi connectivity index (χ0) is 26.4. The molecule has 4 fully saturated rings. The highest BCUT2D eigenvalue weighted by Gasteiger charge is 2.59. The topological polar surface area (TPSA) is 18.5 Å². The van der Waals surface area contributed by atoms with Crippen molar-refractivity contribution >= 4 is 8.32 Å². The third-order valence-electron chi connectivity index (χ3n) is 12.1. The summed E-state index contributed by atoms with van der Waals surface area (Å²) >= 11 is 0. The smallest absolute Gasteiger partial charge is 0.192 e. The second-order valence-corrected chi connectivity index (χ2v) is 19.5. The Labute approximate surface area is 229 Å². The fourth-order valence-electron chi connectivity index (χ4n) is 9.32. The molecule has 1 unspecified atom stereocenters. The first kappa shape index (κ1) is 27.7. The zero-order valence-electron chi connectivity index (χ0n) is 24.7. The van der Waals surface area contributed by atoms with Crippen LogP contribution in [0.2, 0.25) is 18.1 Å². The molecule has 0 N–H and O–H groups in total. The summed E-state index contributed by atoms with van der Waals surface area (Å²) in [5.41, 5.74) is 1.61. The molecule has 4 aliphatic carbocycles. The highest BCUT2D eigenvalue weighted by molar-refractivity contribution is 6.74. The van der Waals surface area contributed by atoms with E-state index in [1.54, 1.807) is 0 Å². The van der Waals surface area contributed by atoms with Crippen LogP contribution in [0.4, 0.5) is 0 Å². The van der Waals surface area contributed by atoms with Crippen LogP contribution in [0, 0.1) is 40.9 Å². The summed E-state index contributed by atoms with van der Waals surface area (Å²) in [5.74, 6) is 5.11. The third-order valence-corrected chi connectivity index (χ3v) is 16.7. The number of allylic oxidation sites excluding steroid dienone is 1. The molecule has 3 heteroatoms. The summed E-state index contributed by atoms with van der Waals surface area (Å²) in [6.45, 7) is 19.7. The lowest BCUT2D eigenvalue weighted by Gasteiger charge is -2.57. The molecule has 37 heavy (non-hydrogen) atoms. The highest BCUT2D eigenvalue weighted by Crippen LogP contribution is 2.65. The van der Waals surface area contributed by atoms with E-state index >= 15 is 0 Å². The molecule has 0 bridgehead atoms. The fourth-order valence-corrected chi connectivity index (χ4v) is 10.8. The number of ether oxygens (including phenoxy) is 1. The first-order valence-electron chi connectivity index (χ1n) is 15.5. The predicted molar refractivity (Wildman–Crippen MR) is 158 cm³/mol. The lowest BCUT2D eigenvalue weighted by molar-refractivity contribution is -0.0895. The first-order chi connectivity index (χ1) is 17.6. The molecular formula is C34H54O2Si. The highest BCUT2D eigenvalue weighted by atomic mass is 28.4. The molecule has 1 aromatic rings. The van der Waals surface area contributed by atoms with Crippen LogP contribution in [-0.2, 0) is 15.8 Å². The van der Waals surface area contributed by atoms with Gasteiger partial charge in [0.15, 0.2) is 8.32 Å². The summed E-state index contributed by atoms with van der Waals surface area (Å²) in [4.78, 5) is 0. The quantitative estimate of drug-likeness (QED) is 0.262. The Kier molecular flexibility index (Phi) is 7.91. The van der Waals surface area contributed by atoms with Crippen molar-refractivity contribution in [3.05, 3.63) is 48.6 Å². The van der Waals surface area contributed by atoms with Gasteiger partial charge in [-0.2, -0.15) is 0 Å². The molecule has 1 aromatic carbocycles. The van der Waals surface area contributed by atoms with Crippen LogP contribution in [0.5, 0.6) is 0 Å². The Morgan fingerprint density at radius 3 is 2.41 bits per heavy atom. The lowest BCUT2D eigenvalue weighted by atomic mass is 9.49. The van der Waals surface area contributed by atoms with Gasteiger partial charge in [-0.05, 0) is 129 Å². The summed E-state index contributed by atoms with van der Waals surface area (Å²) in [6.07, 6.45) is 15.5. The van der Waals surface area contributed by atoms with Crippen molar-refractivity contribution in [1.82, 2.24) is 0 Å². The molecule has 4 aliphatic rings. The maximum Gasteiger partial charge on any atom is 0.192 e. The Morgan fingerprint density at radius 2 is 1.70 bits per heavy atom. The molecule has 4 saturated carbocycles. The van der Waals surface area contributed by atoms with E-state index in [1.165, 1.54) is 63.4 Å². The number of rotatable bonds is 7. The van der Waals surface area contributed by atoms with Crippen molar-refractivity contribution in [3.8, 4) is 0 Å². The molecule has 9 atom stereocenters. The van der Waals surface area contributed by atoms with E-state index in [2.05, 4.69) is 83.8 Å². The van der Waals surface area contributed by atoms with Crippen molar-refractivity contribution in [1.29, 1.82) is 0 Å². The molecule has 206 valence electrons. The molecule has 0 aromatic heterocycles. The van der Waals surface area contributed by atoms with Gasteiger partial charge >= 0.3 is 0 Å². The lowest BCUT2D eigenvalue weighted by Crippen LogP contribution is -2.52. The van der Waals surface area contributed by atoms with E-state index in [4.69, 9.17) is 9.16 Å². The molecule has 5 rings (SSSR count). The number of hydrogen-bond acceptors (Lipinski definition) is 2. The second kappa shape index (κ2) is 10.6. The summed E-state index contributed by atoms with van der Waals surface area (Å²) in [5, 5.41) is 0.264. The van der Waals surface area contributed by atoms with Crippen LogP contribution in [0.15, 0.2) is 43.0 Å². The van der Waals surface area contributed by atoms with Crippen molar-refractivity contribution < 1.29 is 9.16 Å². The van der Waals surface area contributed by atoms with Crippen LogP contribution >= 0.6 is 0 Å².